The van der Waals surface area contributed by atoms with Gasteiger partial charge in [-0.15, -0.1) is 0 Å². The molecule has 1 heterocycles. The predicted molar refractivity (Wildman–Crippen MR) is 109 cm³/mol. The Morgan fingerprint density at radius 3 is 2.57 bits per heavy atom. The number of hydrogen-bond donors (Lipinski definition) is 1. The van der Waals surface area contributed by atoms with Gasteiger partial charge in [-0.1, -0.05) is 42.5 Å². The third kappa shape index (κ3) is 4.87. The Morgan fingerprint density at radius 1 is 1.29 bits per heavy atom. The van der Waals surface area contributed by atoms with Gasteiger partial charge in [0.15, 0.2) is 5.60 Å². The minimum atomic E-state index is -0.898. The number of carbonyl (C=O) groups excluding carboxylic acids is 1. The topological polar surface area (TPSA) is 82.6 Å². The first-order valence-corrected chi connectivity index (χ1v) is 9.80. The fourth-order valence-electron chi connectivity index (χ4n) is 3.53. The lowest BCUT2D eigenvalue weighted by molar-refractivity contribution is -0.134. The van der Waals surface area contributed by atoms with Gasteiger partial charge in [0, 0.05) is 39.1 Å². The summed E-state index contributed by atoms with van der Waals surface area (Å²) in [7, 11) is 0. The molecule has 0 aromatic heterocycles. The summed E-state index contributed by atoms with van der Waals surface area (Å²) in [6.45, 7) is 5.92. The van der Waals surface area contributed by atoms with Crippen LogP contribution in [0, 0.1) is 11.3 Å². The van der Waals surface area contributed by atoms with Crippen LogP contribution in [0.3, 0.4) is 0 Å². The molecular formula is C22H28N4O2. The van der Waals surface area contributed by atoms with Gasteiger partial charge in [-0.3, -0.25) is 9.69 Å². The van der Waals surface area contributed by atoms with E-state index in [1.165, 1.54) is 0 Å². The van der Waals surface area contributed by atoms with Gasteiger partial charge < -0.3 is 15.4 Å². The van der Waals surface area contributed by atoms with E-state index in [0.717, 1.165) is 30.8 Å². The summed E-state index contributed by atoms with van der Waals surface area (Å²) in [6.07, 6.45) is 6.45. The number of nitrogens with two attached hydrogens (primary N) is 1. The third-order valence-electron chi connectivity index (χ3n) is 5.29. The lowest BCUT2D eigenvalue weighted by Crippen LogP contribution is -2.53. The SMILES string of the molecule is C[C@H](N)C(=O)N1CCN(CCOC2(C#N)C=CC(c3ccccc3)=CC2)CC1. The summed E-state index contributed by atoms with van der Waals surface area (Å²) in [6, 6.07) is 12.0. The summed E-state index contributed by atoms with van der Waals surface area (Å²) in [5.74, 6) is 0.00711. The number of ether oxygens (including phenoxy) is 1. The summed E-state index contributed by atoms with van der Waals surface area (Å²) in [4.78, 5) is 16.0. The Bertz CT molecular complexity index is 773. The maximum absolute atomic E-state index is 11.9. The molecule has 2 N–H and O–H groups in total. The number of nitrogens with zero attached hydrogens (tertiary/aromatic N) is 3. The third-order valence-corrected chi connectivity index (χ3v) is 5.29. The van der Waals surface area contributed by atoms with E-state index in [1.54, 1.807) is 6.92 Å². The van der Waals surface area contributed by atoms with E-state index >= 15 is 0 Å². The Kier molecular flexibility index (Phi) is 6.63. The molecule has 2 atom stereocenters. The molecule has 3 rings (SSSR count). The first-order valence-electron chi connectivity index (χ1n) is 9.80. The minimum Gasteiger partial charge on any atom is -0.355 e. The average molecular weight is 380 g/mol. The standard InChI is InChI=1S/C22H28N4O2/c1-18(24)21(27)26-13-11-25(12-14-26)15-16-28-22(17-23)9-7-20(8-10-22)19-5-3-2-4-6-19/h2-9,18H,10-16,24H2,1H3/t18-,22?/m0/s1. The van der Waals surface area contributed by atoms with Crippen LogP contribution < -0.4 is 5.73 Å². The molecule has 148 valence electrons. The van der Waals surface area contributed by atoms with Gasteiger partial charge in [0.25, 0.3) is 0 Å². The molecule has 1 aliphatic heterocycles. The van der Waals surface area contributed by atoms with Gasteiger partial charge in [-0.2, -0.15) is 5.26 Å². The van der Waals surface area contributed by atoms with E-state index in [2.05, 4.69) is 29.2 Å². The molecule has 1 aromatic carbocycles. The van der Waals surface area contributed by atoms with E-state index in [-0.39, 0.29) is 5.91 Å². The van der Waals surface area contributed by atoms with Crippen LogP contribution in [0.1, 0.15) is 18.9 Å². The van der Waals surface area contributed by atoms with Gasteiger partial charge in [0.1, 0.15) is 6.07 Å². The monoisotopic (exact) mass is 380 g/mol. The van der Waals surface area contributed by atoms with Crippen molar-refractivity contribution >= 4 is 11.5 Å². The van der Waals surface area contributed by atoms with Crippen molar-refractivity contribution in [2.45, 2.75) is 25.0 Å². The van der Waals surface area contributed by atoms with Crippen molar-refractivity contribution in [3.05, 3.63) is 54.1 Å². The highest BCUT2D eigenvalue weighted by Gasteiger charge is 2.30. The molecule has 1 aromatic rings. The van der Waals surface area contributed by atoms with Crippen LogP contribution in [0.25, 0.3) is 5.57 Å². The van der Waals surface area contributed by atoms with Crippen molar-refractivity contribution in [1.29, 1.82) is 5.26 Å². The molecule has 28 heavy (non-hydrogen) atoms. The van der Waals surface area contributed by atoms with Gasteiger partial charge in [-0.25, -0.2) is 0 Å². The number of rotatable bonds is 6. The molecule has 1 saturated heterocycles. The normalized spacial score (nSPS) is 23.8. The van der Waals surface area contributed by atoms with Crippen LogP contribution in [0.2, 0.25) is 0 Å². The Morgan fingerprint density at radius 2 is 2.00 bits per heavy atom. The number of amides is 1. The van der Waals surface area contributed by atoms with Crippen molar-refractivity contribution in [3.63, 3.8) is 0 Å². The van der Waals surface area contributed by atoms with Gasteiger partial charge in [0.05, 0.1) is 12.6 Å². The number of carbonyl (C=O) groups is 1. The van der Waals surface area contributed by atoms with Crippen molar-refractivity contribution in [2.24, 2.45) is 5.73 Å². The maximum Gasteiger partial charge on any atom is 0.239 e. The van der Waals surface area contributed by atoms with Crippen molar-refractivity contribution in [1.82, 2.24) is 9.80 Å². The molecule has 0 spiro atoms. The molecule has 1 fully saturated rings. The van der Waals surface area contributed by atoms with Crippen LogP contribution in [-0.2, 0) is 9.53 Å². The Balaban J connectivity index is 1.46. The molecule has 1 unspecified atom stereocenters. The summed E-state index contributed by atoms with van der Waals surface area (Å²) >= 11 is 0. The zero-order valence-electron chi connectivity index (χ0n) is 16.4. The van der Waals surface area contributed by atoms with Crippen LogP contribution in [-0.4, -0.2) is 66.7 Å². The number of hydrogen-bond acceptors (Lipinski definition) is 5. The van der Waals surface area contributed by atoms with Crippen molar-refractivity contribution < 1.29 is 9.53 Å². The second-order valence-electron chi connectivity index (χ2n) is 7.37. The second-order valence-corrected chi connectivity index (χ2v) is 7.37. The molecular weight excluding hydrogens is 352 g/mol. The quantitative estimate of drug-likeness (QED) is 0.814. The fraction of sp³-hybridized carbons (Fsp3) is 0.455. The molecule has 0 radical (unpaired) electrons. The summed E-state index contributed by atoms with van der Waals surface area (Å²) in [5.41, 5.74) is 7.04. The fourth-order valence-corrected chi connectivity index (χ4v) is 3.53. The smallest absolute Gasteiger partial charge is 0.239 e. The highest BCUT2D eigenvalue weighted by Crippen LogP contribution is 2.29. The Labute approximate surface area is 166 Å². The van der Waals surface area contributed by atoms with Crippen LogP contribution in [0.15, 0.2) is 48.6 Å². The van der Waals surface area contributed by atoms with E-state index in [4.69, 9.17) is 10.5 Å². The summed E-state index contributed by atoms with van der Waals surface area (Å²) in [5, 5.41) is 9.66. The first-order chi connectivity index (χ1) is 13.5. The van der Waals surface area contributed by atoms with Crippen molar-refractivity contribution in [3.8, 4) is 6.07 Å². The maximum atomic E-state index is 11.9. The minimum absolute atomic E-state index is 0.00711. The molecule has 2 aliphatic rings. The van der Waals surface area contributed by atoms with E-state index in [9.17, 15) is 10.1 Å². The molecule has 6 nitrogen and oxygen atoms in total. The lowest BCUT2D eigenvalue weighted by Gasteiger charge is -2.36. The zero-order valence-corrected chi connectivity index (χ0v) is 16.4. The van der Waals surface area contributed by atoms with Crippen LogP contribution in [0.4, 0.5) is 0 Å². The number of benzene rings is 1. The molecule has 0 bridgehead atoms. The lowest BCUT2D eigenvalue weighted by atomic mass is 9.90. The summed E-state index contributed by atoms with van der Waals surface area (Å²) < 4.78 is 5.98. The van der Waals surface area contributed by atoms with Gasteiger partial charge in [-0.05, 0) is 24.1 Å². The van der Waals surface area contributed by atoms with Crippen LogP contribution >= 0.6 is 0 Å². The van der Waals surface area contributed by atoms with Crippen molar-refractivity contribution in [2.75, 3.05) is 39.3 Å². The number of nitriles is 1. The highest BCUT2D eigenvalue weighted by atomic mass is 16.5. The van der Waals surface area contributed by atoms with Gasteiger partial charge in [0.2, 0.25) is 5.91 Å². The van der Waals surface area contributed by atoms with E-state index < -0.39 is 11.6 Å². The predicted octanol–water partition coefficient (Wildman–Crippen LogP) is 1.80. The molecule has 1 amide bonds. The van der Waals surface area contributed by atoms with E-state index in [0.29, 0.717) is 26.1 Å². The molecule has 1 aliphatic carbocycles. The van der Waals surface area contributed by atoms with Gasteiger partial charge >= 0.3 is 0 Å². The molecule has 0 saturated carbocycles. The largest absolute Gasteiger partial charge is 0.355 e. The first kappa shape index (κ1) is 20.3. The second kappa shape index (κ2) is 9.16. The van der Waals surface area contributed by atoms with E-state index in [1.807, 2.05) is 35.3 Å². The Hall–Kier alpha value is -2.46. The number of allylic oxidation sites excluding steroid dienone is 2. The number of piperazine rings is 1. The van der Waals surface area contributed by atoms with Crippen LogP contribution in [0.5, 0.6) is 0 Å². The molecule has 6 heteroatoms. The average Bonchev–Trinajstić information content (AvgIpc) is 2.75. The highest BCUT2D eigenvalue weighted by molar-refractivity contribution is 5.81. The zero-order chi connectivity index (χ0) is 20.0.